The van der Waals surface area contributed by atoms with Crippen molar-refractivity contribution in [1.29, 1.82) is 0 Å². The van der Waals surface area contributed by atoms with E-state index in [-0.39, 0.29) is 29.0 Å². The number of nitro groups is 1. The Labute approximate surface area is 175 Å². The van der Waals surface area contributed by atoms with Crippen LogP contribution in [-0.4, -0.2) is 36.9 Å². The molecule has 1 aliphatic heterocycles. The zero-order valence-electron chi connectivity index (χ0n) is 17.2. The molecule has 0 spiro atoms. The number of nitrogens with one attached hydrogen (secondary N) is 2. The molecule has 0 aromatic heterocycles. The number of rotatable bonds is 6. The number of hydrogen-bond acceptors (Lipinski definition) is 5. The lowest BCUT2D eigenvalue weighted by molar-refractivity contribution is -0.384. The molecule has 158 valence electrons. The van der Waals surface area contributed by atoms with Gasteiger partial charge >= 0.3 is 0 Å². The van der Waals surface area contributed by atoms with Crippen molar-refractivity contribution in [2.75, 3.05) is 25.0 Å². The molecule has 0 unspecified atom stereocenters. The van der Waals surface area contributed by atoms with Crippen molar-refractivity contribution in [2.45, 2.75) is 26.3 Å². The summed E-state index contributed by atoms with van der Waals surface area (Å²) in [6.07, 6.45) is 1.31. The molecule has 0 saturated carbocycles. The number of benzene rings is 2. The molecular formula is C22H26N4O4. The second kappa shape index (κ2) is 9.39. The summed E-state index contributed by atoms with van der Waals surface area (Å²) in [6, 6.07) is 12.4. The van der Waals surface area contributed by atoms with Crippen LogP contribution in [0, 0.1) is 23.0 Å². The van der Waals surface area contributed by atoms with Gasteiger partial charge in [-0.1, -0.05) is 29.8 Å². The second-order valence-electron chi connectivity index (χ2n) is 7.50. The Hall–Kier alpha value is -3.42. The highest BCUT2D eigenvalue weighted by molar-refractivity contribution is 6.00. The van der Waals surface area contributed by atoms with Crippen LogP contribution in [0.25, 0.3) is 0 Å². The quantitative estimate of drug-likeness (QED) is 0.563. The van der Waals surface area contributed by atoms with Crippen molar-refractivity contribution >= 4 is 23.2 Å². The van der Waals surface area contributed by atoms with Crippen LogP contribution in [-0.2, 0) is 11.3 Å². The molecule has 2 amide bonds. The third-order valence-corrected chi connectivity index (χ3v) is 5.46. The fourth-order valence-corrected chi connectivity index (χ4v) is 3.65. The minimum atomic E-state index is -0.513. The van der Waals surface area contributed by atoms with Gasteiger partial charge in [0.25, 0.3) is 11.6 Å². The number of piperidine rings is 1. The lowest BCUT2D eigenvalue weighted by Gasteiger charge is -2.34. The van der Waals surface area contributed by atoms with E-state index >= 15 is 0 Å². The highest BCUT2D eigenvalue weighted by Crippen LogP contribution is 2.29. The largest absolute Gasteiger partial charge is 0.371 e. The monoisotopic (exact) mass is 410 g/mol. The number of non-ortho nitro benzene ring substituents is 1. The SMILES string of the molecule is CNC(=O)c1cc([N+](=O)[O-])ccc1N1CCC(C(=O)NCc2ccc(C)cc2)CC1. The maximum Gasteiger partial charge on any atom is 0.270 e. The second-order valence-corrected chi connectivity index (χ2v) is 7.50. The van der Waals surface area contributed by atoms with Gasteiger partial charge in [-0.15, -0.1) is 0 Å². The standard InChI is InChI=1S/C22H26N4O4/c1-15-3-5-16(6-4-15)14-24-21(27)17-9-11-25(12-10-17)20-8-7-18(26(29)30)13-19(20)22(28)23-2/h3-8,13,17H,9-12,14H2,1-2H3,(H,23,28)(H,24,27). The van der Waals surface area contributed by atoms with Crippen LogP contribution in [0.2, 0.25) is 0 Å². The summed E-state index contributed by atoms with van der Waals surface area (Å²) >= 11 is 0. The van der Waals surface area contributed by atoms with Gasteiger partial charge in [0.1, 0.15) is 0 Å². The van der Waals surface area contributed by atoms with Gasteiger partial charge in [0.05, 0.1) is 16.2 Å². The predicted molar refractivity (Wildman–Crippen MR) is 114 cm³/mol. The molecule has 8 nitrogen and oxygen atoms in total. The minimum Gasteiger partial charge on any atom is -0.371 e. The first kappa shape index (κ1) is 21.3. The van der Waals surface area contributed by atoms with Gasteiger partial charge in [-0.05, 0) is 31.4 Å². The summed E-state index contributed by atoms with van der Waals surface area (Å²) in [7, 11) is 1.50. The molecule has 2 aromatic rings. The number of hydrogen-bond donors (Lipinski definition) is 2. The highest BCUT2D eigenvalue weighted by atomic mass is 16.6. The normalized spacial score (nSPS) is 14.3. The molecule has 3 rings (SSSR count). The first-order valence-electron chi connectivity index (χ1n) is 9.97. The van der Waals surface area contributed by atoms with Crippen LogP contribution >= 0.6 is 0 Å². The van der Waals surface area contributed by atoms with Gasteiger partial charge in [-0.2, -0.15) is 0 Å². The van der Waals surface area contributed by atoms with E-state index in [2.05, 4.69) is 10.6 Å². The lowest BCUT2D eigenvalue weighted by Crippen LogP contribution is -2.41. The maximum absolute atomic E-state index is 12.6. The Balaban J connectivity index is 1.62. The minimum absolute atomic E-state index is 0.0328. The Morgan fingerprint density at radius 3 is 2.40 bits per heavy atom. The summed E-state index contributed by atoms with van der Waals surface area (Å²) in [5, 5.41) is 16.6. The molecular weight excluding hydrogens is 384 g/mol. The first-order chi connectivity index (χ1) is 14.4. The summed E-state index contributed by atoms with van der Waals surface area (Å²) in [5.74, 6) is -0.426. The Morgan fingerprint density at radius 1 is 1.13 bits per heavy atom. The molecule has 8 heteroatoms. The van der Waals surface area contributed by atoms with E-state index in [0.29, 0.717) is 38.2 Å². The smallest absolute Gasteiger partial charge is 0.270 e. The van der Waals surface area contributed by atoms with Gasteiger partial charge < -0.3 is 15.5 Å². The van der Waals surface area contributed by atoms with Crippen molar-refractivity contribution in [3.63, 3.8) is 0 Å². The molecule has 0 atom stereocenters. The van der Waals surface area contributed by atoms with Crippen LogP contribution in [0.5, 0.6) is 0 Å². The fraction of sp³-hybridized carbons (Fsp3) is 0.364. The highest BCUT2D eigenvalue weighted by Gasteiger charge is 2.27. The molecule has 1 fully saturated rings. The van der Waals surface area contributed by atoms with Crippen molar-refractivity contribution < 1.29 is 14.5 Å². The molecule has 2 aromatic carbocycles. The third kappa shape index (κ3) is 4.94. The molecule has 1 heterocycles. The summed E-state index contributed by atoms with van der Waals surface area (Å²) in [5.41, 5.74) is 3.04. The number of amides is 2. The average Bonchev–Trinajstić information content (AvgIpc) is 2.77. The van der Waals surface area contributed by atoms with Crippen molar-refractivity contribution in [2.24, 2.45) is 5.92 Å². The van der Waals surface area contributed by atoms with Gasteiger partial charge in [0.2, 0.25) is 5.91 Å². The summed E-state index contributed by atoms with van der Waals surface area (Å²) < 4.78 is 0. The fourth-order valence-electron chi connectivity index (χ4n) is 3.65. The number of nitrogens with zero attached hydrogens (tertiary/aromatic N) is 2. The van der Waals surface area contributed by atoms with Crippen molar-refractivity contribution in [3.05, 3.63) is 69.3 Å². The number of carbonyl (C=O) groups is 2. The van der Waals surface area contributed by atoms with E-state index in [1.54, 1.807) is 6.07 Å². The zero-order valence-corrected chi connectivity index (χ0v) is 17.2. The third-order valence-electron chi connectivity index (χ3n) is 5.46. The maximum atomic E-state index is 12.6. The van der Waals surface area contributed by atoms with E-state index < -0.39 is 4.92 Å². The van der Waals surface area contributed by atoms with E-state index in [0.717, 1.165) is 5.56 Å². The molecule has 0 radical (unpaired) electrons. The lowest BCUT2D eigenvalue weighted by atomic mass is 9.94. The molecule has 30 heavy (non-hydrogen) atoms. The predicted octanol–water partition coefficient (Wildman–Crippen LogP) is 2.80. The molecule has 0 aliphatic carbocycles. The van der Waals surface area contributed by atoms with Gasteiger partial charge in [0.15, 0.2) is 0 Å². The Morgan fingerprint density at radius 2 is 1.80 bits per heavy atom. The van der Waals surface area contributed by atoms with Gasteiger partial charge in [-0.3, -0.25) is 19.7 Å². The summed E-state index contributed by atoms with van der Waals surface area (Å²) in [6.45, 7) is 3.73. The van der Waals surface area contributed by atoms with E-state index in [1.807, 2.05) is 36.1 Å². The first-order valence-corrected chi connectivity index (χ1v) is 9.97. The van der Waals surface area contributed by atoms with Gasteiger partial charge in [0, 0.05) is 44.7 Å². The van der Waals surface area contributed by atoms with E-state index in [1.165, 1.54) is 24.7 Å². The zero-order chi connectivity index (χ0) is 21.7. The van der Waals surface area contributed by atoms with E-state index in [9.17, 15) is 19.7 Å². The molecule has 1 saturated heterocycles. The van der Waals surface area contributed by atoms with Crippen molar-refractivity contribution in [1.82, 2.24) is 10.6 Å². The number of aryl methyl sites for hydroxylation is 1. The molecule has 2 N–H and O–H groups in total. The van der Waals surface area contributed by atoms with Crippen LogP contribution in [0.3, 0.4) is 0 Å². The van der Waals surface area contributed by atoms with Crippen LogP contribution in [0.15, 0.2) is 42.5 Å². The Bertz CT molecular complexity index is 935. The number of anilines is 1. The molecule has 1 aliphatic rings. The summed E-state index contributed by atoms with van der Waals surface area (Å²) in [4.78, 5) is 37.4. The topological polar surface area (TPSA) is 105 Å². The van der Waals surface area contributed by atoms with Crippen LogP contribution < -0.4 is 15.5 Å². The van der Waals surface area contributed by atoms with Crippen molar-refractivity contribution in [3.8, 4) is 0 Å². The number of carbonyl (C=O) groups excluding carboxylic acids is 2. The number of nitro benzene ring substituents is 1. The van der Waals surface area contributed by atoms with Gasteiger partial charge in [-0.25, -0.2) is 0 Å². The average molecular weight is 410 g/mol. The van der Waals surface area contributed by atoms with Crippen LogP contribution in [0.4, 0.5) is 11.4 Å². The Kier molecular flexibility index (Phi) is 6.66. The molecule has 0 bridgehead atoms. The van der Waals surface area contributed by atoms with Crippen LogP contribution in [0.1, 0.15) is 34.3 Å². The van der Waals surface area contributed by atoms with E-state index in [4.69, 9.17) is 0 Å².